The second kappa shape index (κ2) is 9.17. The van der Waals surface area contributed by atoms with Crippen LogP contribution in [0.25, 0.3) is 21.8 Å². The number of nitriles is 1. The average Bonchev–Trinajstić information content (AvgIpc) is 3.21. The zero-order chi connectivity index (χ0) is 24.6. The van der Waals surface area contributed by atoms with Gasteiger partial charge in [-0.2, -0.15) is 9.57 Å². The highest BCUT2D eigenvalue weighted by Gasteiger charge is 2.32. The lowest BCUT2D eigenvalue weighted by molar-refractivity contribution is -0.120. The van der Waals surface area contributed by atoms with Crippen molar-refractivity contribution in [2.75, 3.05) is 18.4 Å². The molecule has 1 amide bonds. The molecule has 8 heteroatoms. The molecular weight excluding hydrogens is 460 g/mol. The molecule has 0 aliphatic carbocycles. The van der Waals surface area contributed by atoms with Crippen LogP contribution in [0.1, 0.15) is 25.3 Å². The molecule has 178 valence electrons. The molecule has 1 N–H and O–H groups in total. The van der Waals surface area contributed by atoms with Crippen LogP contribution in [-0.2, 0) is 21.4 Å². The summed E-state index contributed by atoms with van der Waals surface area (Å²) < 4.78 is 29.6. The Bertz CT molecular complexity index is 1560. The first-order valence-corrected chi connectivity index (χ1v) is 13.2. The van der Waals surface area contributed by atoms with Gasteiger partial charge in [-0.05, 0) is 68.3 Å². The number of hydrogen-bond donors (Lipinski definition) is 1. The van der Waals surface area contributed by atoms with Crippen molar-refractivity contribution in [3.8, 4) is 6.07 Å². The van der Waals surface area contributed by atoms with Gasteiger partial charge in [0, 0.05) is 53.0 Å². The summed E-state index contributed by atoms with van der Waals surface area (Å²) in [6.07, 6.45) is 0.914. The molecule has 1 aromatic heterocycles. The van der Waals surface area contributed by atoms with E-state index in [9.17, 15) is 13.2 Å². The van der Waals surface area contributed by atoms with E-state index in [1.165, 1.54) is 34.1 Å². The van der Waals surface area contributed by atoms with Crippen molar-refractivity contribution in [2.45, 2.75) is 31.2 Å². The molecule has 1 fully saturated rings. The Hall–Kier alpha value is -3.67. The van der Waals surface area contributed by atoms with E-state index in [0.29, 0.717) is 18.4 Å². The number of carbonyl (C=O) groups is 1. The Balaban J connectivity index is 1.28. The summed E-state index contributed by atoms with van der Waals surface area (Å²) in [6, 6.07) is 22.2. The lowest BCUT2D eigenvalue weighted by atomic mass is 9.97. The molecule has 3 aromatic carbocycles. The van der Waals surface area contributed by atoms with Crippen molar-refractivity contribution in [1.82, 2.24) is 8.87 Å². The average molecular weight is 487 g/mol. The summed E-state index contributed by atoms with van der Waals surface area (Å²) in [4.78, 5) is 13.2. The Morgan fingerprint density at radius 2 is 1.69 bits per heavy atom. The summed E-state index contributed by atoms with van der Waals surface area (Å²) >= 11 is 0. The molecule has 0 unspecified atom stereocenters. The Labute approximate surface area is 204 Å². The SMILES string of the molecule is CCn1c2ccccc2c2cc(NC(=O)C3CCN(S(=O)(=O)c4ccc(C#N)cc4)CC3)ccc21. The number of amides is 1. The van der Waals surface area contributed by atoms with Crippen LogP contribution < -0.4 is 5.32 Å². The normalized spacial score (nSPS) is 15.3. The van der Waals surface area contributed by atoms with Gasteiger partial charge in [-0.25, -0.2) is 8.42 Å². The highest BCUT2D eigenvalue weighted by atomic mass is 32.2. The molecule has 7 nitrogen and oxygen atoms in total. The van der Waals surface area contributed by atoms with Gasteiger partial charge in [0.25, 0.3) is 0 Å². The van der Waals surface area contributed by atoms with Gasteiger partial charge in [-0.3, -0.25) is 4.79 Å². The predicted molar refractivity (Wildman–Crippen MR) is 136 cm³/mol. The van der Waals surface area contributed by atoms with E-state index in [1.807, 2.05) is 36.4 Å². The number of fused-ring (bicyclic) bond motifs is 3. The van der Waals surface area contributed by atoms with Gasteiger partial charge in [0.15, 0.2) is 0 Å². The van der Waals surface area contributed by atoms with E-state index in [4.69, 9.17) is 5.26 Å². The van der Waals surface area contributed by atoms with Gasteiger partial charge < -0.3 is 9.88 Å². The zero-order valence-electron chi connectivity index (χ0n) is 19.4. The number of nitrogens with one attached hydrogen (secondary N) is 1. The van der Waals surface area contributed by atoms with Gasteiger partial charge in [-0.15, -0.1) is 0 Å². The first-order valence-electron chi connectivity index (χ1n) is 11.7. The third-order valence-corrected chi connectivity index (χ3v) is 8.71. The lowest BCUT2D eigenvalue weighted by Crippen LogP contribution is -2.41. The molecule has 1 aliphatic rings. The van der Waals surface area contributed by atoms with Crippen molar-refractivity contribution in [3.63, 3.8) is 0 Å². The van der Waals surface area contributed by atoms with E-state index in [2.05, 4.69) is 28.9 Å². The van der Waals surface area contributed by atoms with E-state index in [1.54, 1.807) is 0 Å². The summed E-state index contributed by atoms with van der Waals surface area (Å²) in [5.74, 6) is -0.339. The van der Waals surface area contributed by atoms with Crippen molar-refractivity contribution in [3.05, 3.63) is 72.3 Å². The second-order valence-electron chi connectivity index (χ2n) is 8.80. The van der Waals surface area contributed by atoms with Crippen LogP contribution in [0.3, 0.4) is 0 Å². The number of benzene rings is 3. The summed E-state index contributed by atoms with van der Waals surface area (Å²) in [7, 11) is -3.65. The number of nitrogens with zero attached hydrogens (tertiary/aromatic N) is 3. The van der Waals surface area contributed by atoms with Crippen LogP contribution in [0.2, 0.25) is 0 Å². The van der Waals surface area contributed by atoms with E-state index in [0.717, 1.165) is 28.5 Å². The number of piperidine rings is 1. The number of rotatable bonds is 5. The van der Waals surface area contributed by atoms with Crippen LogP contribution in [0.4, 0.5) is 5.69 Å². The number of hydrogen-bond acceptors (Lipinski definition) is 4. The summed E-state index contributed by atoms with van der Waals surface area (Å²) in [5.41, 5.74) is 3.46. The lowest BCUT2D eigenvalue weighted by Gasteiger charge is -2.30. The highest BCUT2D eigenvalue weighted by Crippen LogP contribution is 2.31. The molecule has 2 heterocycles. The molecule has 1 saturated heterocycles. The Kier molecular flexibility index (Phi) is 6.05. The maximum Gasteiger partial charge on any atom is 0.243 e. The molecule has 0 saturated carbocycles. The van der Waals surface area contributed by atoms with Crippen LogP contribution in [0.5, 0.6) is 0 Å². The molecule has 0 spiro atoms. The number of para-hydroxylation sites is 1. The Morgan fingerprint density at radius 3 is 2.37 bits per heavy atom. The van der Waals surface area contributed by atoms with Gasteiger partial charge in [0.05, 0.1) is 16.5 Å². The van der Waals surface area contributed by atoms with Gasteiger partial charge >= 0.3 is 0 Å². The van der Waals surface area contributed by atoms with Crippen LogP contribution in [0.15, 0.2) is 71.6 Å². The summed E-state index contributed by atoms with van der Waals surface area (Å²) in [5, 5.41) is 14.2. The molecule has 0 radical (unpaired) electrons. The quantitative estimate of drug-likeness (QED) is 0.441. The monoisotopic (exact) mass is 486 g/mol. The minimum Gasteiger partial charge on any atom is -0.341 e. The minimum absolute atomic E-state index is 0.0843. The van der Waals surface area contributed by atoms with Gasteiger partial charge in [0.1, 0.15) is 0 Å². The van der Waals surface area contributed by atoms with Crippen molar-refractivity contribution in [2.24, 2.45) is 5.92 Å². The van der Waals surface area contributed by atoms with Crippen molar-refractivity contribution >= 4 is 43.4 Å². The fourth-order valence-corrected chi connectivity index (χ4v) is 6.39. The number of anilines is 1. The smallest absolute Gasteiger partial charge is 0.243 e. The van der Waals surface area contributed by atoms with Crippen molar-refractivity contribution < 1.29 is 13.2 Å². The second-order valence-corrected chi connectivity index (χ2v) is 10.7. The van der Waals surface area contributed by atoms with Crippen LogP contribution in [-0.4, -0.2) is 36.3 Å². The maximum absolute atomic E-state index is 13.0. The van der Waals surface area contributed by atoms with Gasteiger partial charge in [-0.1, -0.05) is 18.2 Å². The number of aromatic nitrogens is 1. The minimum atomic E-state index is -3.65. The molecule has 0 bridgehead atoms. The number of sulfonamides is 1. The molecule has 5 rings (SSSR count). The molecule has 4 aromatic rings. The first kappa shape index (κ1) is 23.1. The highest BCUT2D eigenvalue weighted by molar-refractivity contribution is 7.89. The standard InChI is InChI=1S/C27H26N4O3S/c1-2-31-25-6-4-3-5-23(25)24-17-21(9-12-26(24)31)29-27(32)20-13-15-30(16-14-20)35(33,34)22-10-7-19(18-28)8-11-22/h3-12,17,20H,2,13-16H2,1H3,(H,29,32). The largest absolute Gasteiger partial charge is 0.341 e. The number of aryl methyl sites for hydroxylation is 1. The zero-order valence-corrected chi connectivity index (χ0v) is 20.3. The third-order valence-electron chi connectivity index (χ3n) is 6.80. The summed E-state index contributed by atoms with van der Waals surface area (Å²) in [6.45, 7) is 3.54. The van der Waals surface area contributed by atoms with Crippen LogP contribution >= 0.6 is 0 Å². The fourth-order valence-electron chi connectivity index (χ4n) is 4.93. The van der Waals surface area contributed by atoms with E-state index < -0.39 is 10.0 Å². The Morgan fingerprint density at radius 1 is 1.00 bits per heavy atom. The van der Waals surface area contributed by atoms with Crippen molar-refractivity contribution in [1.29, 1.82) is 5.26 Å². The third kappa shape index (κ3) is 4.18. The molecule has 35 heavy (non-hydrogen) atoms. The maximum atomic E-state index is 13.0. The molecule has 1 aliphatic heterocycles. The van der Waals surface area contributed by atoms with Crippen LogP contribution in [0, 0.1) is 17.2 Å². The molecular formula is C27H26N4O3S. The van der Waals surface area contributed by atoms with E-state index >= 15 is 0 Å². The van der Waals surface area contributed by atoms with E-state index in [-0.39, 0.29) is 29.8 Å². The van der Waals surface area contributed by atoms with Gasteiger partial charge in [0.2, 0.25) is 15.9 Å². The fraction of sp³-hybridized carbons (Fsp3) is 0.259. The first-order chi connectivity index (χ1) is 16.9. The topological polar surface area (TPSA) is 95.2 Å². The number of carbonyl (C=O) groups excluding carboxylic acids is 1. The molecule has 0 atom stereocenters. The predicted octanol–water partition coefficient (Wildman–Crippen LogP) is 4.73.